The van der Waals surface area contributed by atoms with Crippen LogP contribution in [0, 0.1) is 5.92 Å². The number of ether oxygens (including phenoxy) is 1. The highest BCUT2D eigenvalue weighted by molar-refractivity contribution is 7.17. The van der Waals surface area contributed by atoms with E-state index in [1.807, 2.05) is 12.1 Å². The molecule has 0 amide bonds. The number of aromatic nitrogens is 4. The van der Waals surface area contributed by atoms with E-state index in [2.05, 4.69) is 15.0 Å². The second-order valence-corrected chi connectivity index (χ2v) is 7.40. The highest BCUT2D eigenvalue weighted by Crippen LogP contribution is 2.36. The first-order valence-corrected chi connectivity index (χ1v) is 9.58. The summed E-state index contributed by atoms with van der Waals surface area (Å²) in [7, 11) is 0. The summed E-state index contributed by atoms with van der Waals surface area (Å²) in [5, 5.41) is 0.660. The lowest BCUT2D eigenvalue weighted by atomic mass is 9.94. The lowest BCUT2D eigenvalue weighted by molar-refractivity contribution is 0.0547. The first-order valence-electron chi connectivity index (χ1n) is 8.76. The Balaban J connectivity index is 1.60. The molecule has 1 aliphatic rings. The van der Waals surface area contributed by atoms with Crippen LogP contribution in [0.1, 0.15) is 22.5 Å². The standard InChI is InChI=1S/C19H16N4O3S/c24-16(11-4-8-25-9-5-11)17-15(14-2-1-7-26-14)23-19(27-17)18-21-12-3-6-20-10-13(12)22-18/h1-3,6-7,10-11H,4-5,8-9H2,(H,21,22). The van der Waals surface area contributed by atoms with Crippen LogP contribution < -0.4 is 0 Å². The molecule has 0 bridgehead atoms. The first kappa shape index (κ1) is 16.3. The normalized spacial score (nSPS) is 15.4. The Labute approximate surface area is 158 Å². The summed E-state index contributed by atoms with van der Waals surface area (Å²) >= 11 is 1.35. The van der Waals surface area contributed by atoms with Gasteiger partial charge in [0.25, 0.3) is 0 Å². The van der Waals surface area contributed by atoms with Crippen molar-refractivity contribution in [3.05, 3.63) is 41.7 Å². The van der Waals surface area contributed by atoms with Crippen LogP contribution in [-0.4, -0.2) is 38.9 Å². The van der Waals surface area contributed by atoms with Gasteiger partial charge in [-0.3, -0.25) is 9.78 Å². The molecule has 4 aromatic heterocycles. The maximum atomic E-state index is 13.2. The van der Waals surface area contributed by atoms with Gasteiger partial charge < -0.3 is 14.1 Å². The molecule has 1 N–H and O–H groups in total. The monoisotopic (exact) mass is 380 g/mol. The van der Waals surface area contributed by atoms with Crippen LogP contribution in [-0.2, 0) is 4.74 Å². The van der Waals surface area contributed by atoms with E-state index in [-0.39, 0.29) is 11.7 Å². The molecule has 8 heteroatoms. The van der Waals surface area contributed by atoms with Crippen molar-refractivity contribution in [2.24, 2.45) is 5.92 Å². The molecule has 4 aromatic rings. The number of thiazole rings is 1. The predicted molar refractivity (Wildman–Crippen MR) is 101 cm³/mol. The molecule has 0 spiro atoms. The third kappa shape index (κ3) is 2.96. The molecular formula is C19H16N4O3S. The SMILES string of the molecule is O=C(c1sc(-c2nc3ccncc3[nH]2)nc1-c1ccco1)C1CCOCC1. The molecule has 1 fully saturated rings. The zero-order chi connectivity index (χ0) is 18.2. The van der Waals surface area contributed by atoms with Crippen molar-refractivity contribution in [2.75, 3.05) is 13.2 Å². The number of fused-ring (bicyclic) bond motifs is 1. The van der Waals surface area contributed by atoms with Crippen molar-refractivity contribution >= 4 is 28.2 Å². The van der Waals surface area contributed by atoms with Gasteiger partial charge in [-0.1, -0.05) is 0 Å². The Hall–Kier alpha value is -2.84. The number of hydrogen-bond donors (Lipinski definition) is 1. The van der Waals surface area contributed by atoms with Crippen molar-refractivity contribution in [3.8, 4) is 22.3 Å². The van der Waals surface area contributed by atoms with Gasteiger partial charge in [-0.15, -0.1) is 11.3 Å². The summed E-state index contributed by atoms with van der Waals surface area (Å²) in [5.41, 5.74) is 2.22. The number of aromatic amines is 1. The molecular weight excluding hydrogens is 364 g/mol. The van der Waals surface area contributed by atoms with Gasteiger partial charge in [-0.25, -0.2) is 9.97 Å². The van der Waals surface area contributed by atoms with Gasteiger partial charge in [0.2, 0.25) is 0 Å². The fourth-order valence-corrected chi connectivity index (χ4v) is 4.31. The van der Waals surface area contributed by atoms with Gasteiger partial charge in [0.1, 0.15) is 10.6 Å². The maximum Gasteiger partial charge on any atom is 0.178 e. The summed E-state index contributed by atoms with van der Waals surface area (Å²) in [5.74, 6) is 1.28. The zero-order valence-electron chi connectivity index (χ0n) is 14.3. The van der Waals surface area contributed by atoms with Gasteiger partial charge in [-0.2, -0.15) is 0 Å². The van der Waals surface area contributed by atoms with E-state index in [0.29, 0.717) is 40.4 Å². The number of nitrogens with zero attached hydrogens (tertiary/aromatic N) is 3. The van der Waals surface area contributed by atoms with E-state index in [0.717, 1.165) is 23.9 Å². The third-order valence-corrected chi connectivity index (χ3v) is 5.76. The van der Waals surface area contributed by atoms with Crippen LogP contribution in [0.5, 0.6) is 0 Å². The number of H-pyrrole nitrogens is 1. The van der Waals surface area contributed by atoms with E-state index in [4.69, 9.17) is 14.1 Å². The number of carbonyl (C=O) groups excluding carboxylic acids is 1. The lowest BCUT2D eigenvalue weighted by Crippen LogP contribution is -2.23. The molecule has 5 heterocycles. The number of carbonyl (C=O) groups is 1. The van der Waals surface area contributed by atoms with Crippen LogP contribution >= 0.6 is 11.3 Å². The van der Waals surface area contributed by atoms with Crippen LogP contribution in [0.3, 0.4) is 0 Å². The van der Waals surface area contributed by atoms with Crippen molar-refractivity contribution in [1.29, 1.82) is 0 Å². The van der Waals surface area contributed by atoms with E-state index in [9.17, 15) is 4.79 Å². The first-order chi connectivity index (χ1) is 13.3. The molecule has 0 aromatic carbocycles. The van der Waals surface area contributed by atoms with Crippen LogP contribution in [0.25, 0.3) is 33.3 Å². The van der Waals surface area contributed by atoms with Crippen LogP contribution in [0.4, 0.5) is 0 Å². The Morgan fingerprint density at radius 1 is 1.22 bits per heavy atom. The average Bonchev–Trinajstić information content (AvgIpc) is 3.46. The molecule has 0 radical (unpaired) electrons. The molecule has 1 aliphatic heterocycles. The zero-order valence-corrected chi connectivity index (χ0v) is 15.2. The Bertz CT molecular complexity index is 1060. The van der Waals surface area contributed by atoms with Gasteiger partial charge in [-0.05, 0) is 31.0 Å². The molecule has 0 atom stereocenters. The van der Waals surface area contributed by atoms with E-state index in [1.54, 1.807) is 24.7 Å². The van der Waals surface area contributed by atoms with Gasteiger partial charge in [0.05, 0.1) is 23.5 Å². The Kier molecular flexibility index (Phi) is 4.06. The number of pyridine rings is 1. The van der Waals surface area contributed by atoms with Gasteiger partial charge >= 0.3 is 0 Å². The number of nitrogens with one attached hydrogen (secondary N) is 1. The number of hydrogen-bond acceptors (Lipinski definition) is 7. The lowest BCUT2D eigenvalue weighted by Gasteiger charge is -2.20. The summed E-state index contributed by atoms with van der Waals surface area (Å²) in [6.45, 7) is 1.24. The Morgan fingerprint density at radius 3 is 2.89 bits per heavy atom. The minimum atomic E-state index is -0.0411. The number of imidazole rings is 1. The summed E-state index contributed by atoms with van der Waals surface area (Å²) in [6, 6.07) is 5.45. The van der Waals surface area contributed by atoms with E-state index < -0.39 is 0 Å². The minimum Gasteiger partial charge on any atom is -0.463 e. The highest BCUT2D eigenvalue weighted by atomic mass is 32.1. The fraction of sp³-hybridized carbons (Fsp3) is 0.263. The minimum absolute atomic E-state index is 0.0411. The predicted octanol–water partition coefficient (Wildman–Crippen LogP) is 3.95. The number of Topliss-reactive ketones (excluding diaryl/α,β-unsaturated/α-hetero) is 1. The van der Waals surface area contributed by atoms with Crippen LogP contribution in [0.15, 0.2) is 41.3 Å². The third-order valence-electron chi connectivity index (χ3n) is 4.68. The fourth-order valence-electron chi connectivity index (χ4n) is 3.27. The quantitative estimate of drug-likeness (QED) is 0.539. The largest absolute Gasteiger partial charge is 0.463 e. The molecule has 136 valence electrons. The molecule has 0 saturated carbocycles. The number of furan rings is 1. The average molecular weight is 380 g/mol. The van der Waals surface area contributed by atoms with E-state index >= 15 is 0 Å². The summed E-state index contributed by atoms with van der Waals surface area (Å²) in [6.07, 6.45) is 6.48. The summed E-state index contributed by atoms with van der Waals surface area (Å²) < 4.78 is 10.9. The molecule has 27 heavy (non-hydrogen) atoms. The van der Waals surface area contributed by atoms with Crippen LogP contribution in [0.2, 0.25) is 0 Å². The molecule has 0 aliphatic carbocycles. The number of rotatable bonds is 4. The van der Waals surface area contributed by atoms with Gasteiger partial charge in [0.15, 0.2) is 22.4 Å². The van der Waals surface area contributed by atoms with Crippen molar-refractivity contribution in [1.82, 2.24) is 19.9 Å². The van der Waals surface area contributed by atoms with Crippen molar-refractivity contribution in [3.63, 3.8) is 0 Å². The topological polar surface area (TPSA) is 93.9 Å². The molecule has 5 rings (SSSR count). The smallest absolute Gasteiger partial charge is 0.178 e. The van der Waals surface area contributed by atoms with E-state index in [1.165, 1.54) is 11.3 Å². The Morgan fingerprint density at radius 2 is 2.11 bits per heavy atom. The van der Waals surface area contributed by atoms with Crippen molar-refractivity contribution < 1.29 is 13.9 Å². The highest BCUT2D eigenvalue weighted by Gasteiger charge is 2.29. The maximum absolute atomic E-state index is 13.2. The second-order valence-electron chi connectivity index (χ2n) is 6.40. The van der Waals surface area contributed by atoms with Crippen molar-refractivity contribution in [2.45, 2.75) is 12.8 Å². The molecule has 0 unspecified atom stereocenters. The molecule has 1 saturated heterocycles. The molecule has 7 nitrogen and oxygen atoms in total. The van der Waals surface area contributed by atoms with Gasteiger partial charge in [0, 0.05) is 25.3 Å². The number of ketones is 1. The second kappa shape index (κ2) is 6.71. The summed E-state index contributed by atoms with van der Waals surface area (Å²) in [4.78, 5) is 30.4.